The molecule has 0 spiro atoms. The van der Waals surface area contributed by atoms with Crippen LogP contribution in [0.3, 0.4) is 0 Å². The van der Waals surface area contributed by atoms with Gasteiger partial charge in [0.05, 0.1) is 5.56 Å². The van der Waals surface area contributed by atoms with E-state index in [-0.39, 0.29) is 0 Å². The summed E-state index contributed by atoms with van der Waals surface area (Å²) in [6.07, 6.45) is 0. The summed E-state index contributed by atoms with van der Waals surface area (Å²) in [7, 11) is 0. The minimum absolute atomic E-state index is 0.444. The molecule has 0 fully saturated rings. The Hall–Kier alpha value is -0.420. The molecule has 1 aromatic rings. The maximum atomic E-state index is 10.4. The predicted octanol–water partition coefficient (Wildman–Crippen LogP) is 1.00. The number of hydrogen-bond acceptors (Lipinski definition) is 3. The third-order valence-corrected chi connectivity index (χ3v) is 2.26. The number of halogens is 1. The summed E-state index contributed by atoms with van der Waals surface area (Å²) in [5.41, 5.74) is 5.40. The highest BCUT2D eigenvalue weighted by Gasteiger charge is 2.06. The quantitative estimate of drug-likeness (QED) is 0.746. The van der Waals surface area contributed by atoms with Gasteiger partial charge < -0.3 is 5.73 Å². The fourth-order valence-corrected chi connectivity index (χ4v) is 1.67. The molecule has 0 atom stereocenters. The van der Waals surface area contributed by atoms with Crippen LogP contribution < -0.4 is 5.73 Å². The normalized spacial score (nSPS) is 9.44. The molecule has 0 bridgehead atoms. The van der Waals surface area contributed by atoms with Crippen LogP contribution >= 0.6 is 27.5 Å². The number of nitrogens with two attached hydrogens (primary N) is 1. The van der Waals surface area contributed by atoms with Gasteiger partial charge in [0.25, 0.3) is 5.91 Å². The van der Waals surface area contributed by atoms with Crippen LogP contribution in [-0.4, -0.2) is 10.3 Å². The topological polar surface area (TPSA) is 56.0 Å². The van der Waals surface area contributed by atoms with Gasteiger partial charge in [0.15, 0.2) is 0 Å². The smallest absolute Gasteiger partial charge is 0.252 e. The van der Waals surface area contributed by atoms with Crippen LogP contribution in [0.2, 0.25) is 0 Å². The highest BCUT2D eigenvalue weighted by molar-refractivity contribution is 9.10. The second-order valence-electron chi connectivity index (χ2n) is 1.38. The Morgan fingerprint density at radius 1 is 1.89 bits per heavy atom. The number of nitrogens with zero attached hydrogens (tertiary/aromatic N) is 1. The van der Waals surface area contributed by atoms with Crippen molar-refractivity contribution in [1.82, 2.24) is 4.37 Å². The molecule has 1 aromatic heterocycles. The molecule has 9 heavy (non-hydrogen) atoms. The van der Waals surface area contributed by atoms with Gasteiger partial charge in [0.2, 0.25) is 0 Å². The van der Waals surface area contributed by atoms with Gasteiger partial charge in [-0.2, -0.15) is 4.37 Å². The Morgan fingerprint density at radius 2 is 2.56 bits per heavy atom. The van der Waals surface area contributed by atoms with Crippen molar-refractivity contribution in [2.75, 3.05) is 0 Å². The zero-order chi connectivity index (χ0) is 6.85. The molecular formula is C4H3BrN2OS. The number of aromatic nitrogens is 1. The molecule has 0 aliphatic carbocycles. The zero-order valence-corrected chi connectivity index (χ0v) is 6.70. The SMILES string of the molecule is NC(=O)c1csnc1Br. The molecule has 0 radical (unpaired) electrons. The number of amides is 1. The van der Waals surface area contributed by atoms with Gasteiger partial charge in [-0.3, -0.25) is 4.79 Å². The molecule has 3 nitrogen and oxygen atoms in total. The predicted molar refractivity (Wildman–Crippen MR) is 38.3 cm³/mol. The number of rotatable bonds is 1. The Kier molecular flexibility index (Phi) is 1.82. The molecule has 0 aromatic carbocycles. The summed E-state index contributed by atoms with van der Waals surface area (Å²) < 4.78 is 4.32. The van der Waals surface area contributed by atoms with Crippen molar-refractivity contribution in [3.05, 3.63) is 15.5 Å². The molecule has 48 valence electrons. The average Bonchev–Trinajstić information content (AvgIpc) is 2.13. The number of primary amides is 1. The molecule has 0 saturated heterocycles. The lowest BCUT2D eigenvalue weighted by Crippen LogP contribution is -2.10. The summed E-state index contributed by atoms with van der Waals surface area (Å²) in [6, 6.07) is 0. The van der Waals surface area contributed by atoms with E-state index in [2.05, 4.69) is 20.3 Å². The average molecular weight is 207 g/mol. The maximum Gasteiger partial charge on any atom is 0.252 e. The van der Waals surface area contributed by atoms with Gasteiger partial charge in [-0.25, -0.2) is 0 Å². The lowest BCUT2D eigenvalue weighted by Gasteiger charge is -1.84. The Morgan fingerprint density at radius 3 is 2.78 bits per heavy atom. The molecule has 0 aliphatic rings. The fraction of sp³-hybridized carbons (Fsp3) is 0. The summed E-state index contributed by atoms with van der Waals surface area (Å²) in [5, 5.41) is 1.60. The van der Waals surface area contributed by atoms with Crippen LogP contribution in [0.4, 0.5) is 0 Å². The molecule has 0 unspecified atom stereocenters. The van der Waals surface area contributed by atoms with E-state index in [1.807, 2.05) is 0 Å². The maximum absolute atomic E-state index is 10.4. The summed E-state index contributed by atoms with van der Waals surface area (Å²) >= 11 is 4.26. The van der Waals surface area contributed by atoms with Gasteiger partial charge in [-0.15, -0.1) is 0 Å². The zero-order valence-electron chi connectivity index (χ0n) is 4.30. The Labute approximate surface area is 64.2 Å². The second kappa shape index (κ2) is 2.45. The van der Waals surface area contributed by atoms with E-state index in [1.54, 1.807) is 5.38 Å². The van der Waals surface area contributed by atoms with Crippen LogP contribution in [0.5, 0.6) is 0 Å². The van der Waals surface area contributed by atoms with E-state index in [9.17, 15) is 4.79 Å². The van der Waals surface area contributed by atoms with E-state index in [4.69, 9.17) is 5.73 Å². The summed E-state index contributed by atoms with van der Waals surface area (Å²) in [4.78, 5) is 10.4. The third-order valence-electron chi connectivity index (χ3n) is 0.791. The number of carbonyl (C=O) groups excluding carboxylic acids is 1. The van der Waals surface area contributed by atoms with Gasteiger partial charge in [0, 0.05) is 5.38 Å². The third kappa shape index (κ3) is 1.28. The first-order valence-corrected chi connectivity index (χ1v) is 3.74. The van der Waals surface area contributed by atoms with E-state index >= 15 is 0 Å². The lowest BCUT2D eigenvalue weighted by atomic mass is 10.4. The number of hydrogen-bond donors (Lipinski definition) is 1. The lowest BCUT2D eigenvalue weighted by molar-refractivity contribution is 0.1000. The first-order chi connectivity index (χ1) is 4.22. The molecule has 1 heterocycles. The van der Waals surface area contributed by atoms with Crippen molar-refractivity contribution >= 4 is 33.4 Å². The van der Waals surface area contributed by atoms with Crippen LogP contribution in [0.15, 0.2) is 9.98 Å². The van der Waals surface area contributed by atoms with Crippen molar-refractivity contribution in [1.29, 1.82) is 0 Å². The standard InChI is InChI=1S/C4H3BrN2OS/c5-3-2(4(6)8)1-9-7-3/h1H,(H2,6,8). The van der Waals surface area contributed by atoms with Crippen LogP contribution in [0.1, 0.15) is 10.4 Å². The minimum Gasteiger partial charge on any atom is -0.365 e. The summed E-state index contributed by atoms with van der Waals surface area (Å²) in [6.45, 7) is 0. The largest absolute Gasteiger partial charge is 0.365 e. The van der Waals surface area contributed by atoms with Crippen LogP contribution in [0, 0.1) is 0 Å². The van der Waals surface area contributed by atoms with Gasteiger partial charge in [-0.05, 0) is 27.5 Å². The van der Waals surface area contributed by atoms with Gasteiger partial charge in [0.1, 0.15) is 4.60 Å². The molecular weight excluding hydrogens is 204 g/mol. The fourth-order valence-electron chi connectivity index (χ4n) is 0.383. The van der Waals surface area contributed by atoms with Crippen molar-refractivity contribution < 1.29 is 4.79 Å². The molecule has 0 aliphatic heterocycles. The molecule has 1 rings (SSSR count). The first-order valence-electron chi connectivity index (χ1n) is 2.11. The molecule has 5 heteroatoms. The van der Waals surface area contributed by atoms with Gasteiger partial charge in [-0.1, -0.05) is 0 Å². The Balaban J connectivity index is 3.08. The molecule has 0 saturated carbocycles. The van der Waals surface area contributed by atoms with Crippen molar-refractivity contribution in [2.24, 2.45) is 5.73 Å². The van der Waals surface area contributed by atoms with E-state index < -0.39 is 5.91 Å². The second-order valence-corrected chi connectivity index (χ2v) is 2.76. The van der Waals surface area contributed by atoms with Gasteiger partial charge >= 0.3 is 0 Å². The van der Waals surface area contributed by atoms with Crippen molar-refractivity contribution in [3.8, 4) is 0 Å². The highest BCUT2D eigenvalue weighted by atomic mass is 79.9. The van der Waals surface area contributed by atoms with E-state index in [1.165, 1.54) is 11.5 Å². The van der Waals surface area contributed by atoms with E-state index in [0.29, 0.717) is 10.2 Å². The van der Waals surface area contributed by atoms with Crippen LogP contribution in [-0.2, 0) is 0 Å². The first kappa shape index (κ1) is 6.70. The molecule has 1 amide bonds. The van der Waals surface area contributed by atoms with Crippen LogP contribution in [0.25, 0.3) is 0 Å². The summed E-state index contributed by atoms with van der Waals surface area (Å²) in [5.74, 6) is -0.448. The minimum atomic E-state index is -0.448. The van der Waals surface area contributed by atoms with Crippen molar-refractivity contribution in [3.63, 3.8) is 0 Å². The van der Waals surface area contributed by atoms with Crippen molar-refractivity contribution in [2.45, 2.75) is 0 Å². The Bertz CT molecular complexity index is 234. The monoisotopic (exact) mass is 206 g/mol. The van der Waals surface area contributed by atoms with E-state index in [0.717, 1.165) is 0 Å². The molecule has 2 N–H and O–H groups in total. The highest BCUT2D eigenvalue weighted by Crippen LogP contribution is 2.15. The number of carbonyl (C=O) groups is 1.